The van der Waals surface area contributed by atoms with Crippen LogP contribution in [0.5, 0.6) is 0 Å². The molecule has 0 radical (unpaired) electrons. The molecular weight excluding hydrogens is 228 g/mol. The van der Waals surface area contributed by atoms with Crippen molar-refractivity contribution in [2.45, 2.75) is 32.1 Å². The number of aromatic carboxylic acids is 1. The summed E-state index contributed by atoms with van der Waals surface area (Å²) in [7, 11) is 0. The Morgan fingerprint density at radius 3 is 2.67 bits per heavy atom. The number of carboxylic acids is 1. The first kappa shape index (κ1) is 12.7. The van der Waals surface area contributed by atoms with E-state index in [0.29, 0.717) is 5.69 Å². The molecule has 1 aliphatic rings. The summed E-state index contributed by atoms with van der Waals surface area (Å²) >= 11 is 0. The first-order valence-corrected chi connectivity index (χ1v) is 6.53. The van der Waals surface area contributed by atoms with Gasteiger partial charge in [-0.25, -0.2) is 4.79 Å². The molecule has 0 bridgehead atoms. The van der Waals surface area contributed by atoms with E-state index < -0.39 is 5.97 Å². The Hall–Kier alpha value is -1.71. The van der Waals surface area contributed by atoms with Gasteiger partial charge in [0.25, 0.3) is 0 Å². The van der Waals surface area contributed by atoms with Gasteiger partial charge in [0.05, 0.1) is 5.56 Å². The predicted octanol–water partition coefficient (Wildman–Crippen LogP) is 2.96. The third-order valence-electron chi connectivity index (χ3n) is 3.60. The fourth-order valence-electron chi connectivity index (χ4n) is 2.52. The van der Waals surface area contributed by atoms with E-state index in [1.807, 2.05) is 0 Å². The van der Waals surface area contributed by atoms with E-state index in [2.05, 4.69) is 5.32 Å². The van der Waals surface area contributed by atoms with Gasteiger partial charge in [0, 0.05) is 17.9 Å². The molecular formula is C14H20N2O2. The van der Waals surface area contributed by atoms with Gasteiger partial charge in [-0.2, -0.15) is 0 Å². The first-order valence-electron chi connectivity index (χ1n) is 6.53. The van der Waals surface area contributed by atoms with Gasteiger partial charge >= 0.3 is 5.97 Å². The third kappa shape index (κ3) is 3.15. The molecule has 98 valence electrons. The van der Waals surface area contributed by atoms with Gasteiger partial charge in [-0.15, -0.1) is 0 Å². The number of rotatable bonds is 4. The van der Waals surface area contributed by atoms with Crippen LogP contribution in [0.3, 0.4) is 0 Å². The zero-order chi connectivity index (χ0) is 13.0. The Labute approximate surface area is 107 Å². The second-order valence-electron chi connectivity index (χ2n) is 4.99. The van der Waals surface area contributed by atoms with Crippen molar-refractivity contribution in [3.8, 4) is 0 Å². The maximum absolute atomic E-state index is 10.8. The minimum absolute atomic E-state index is 0.165. The Morgan fingerprint density at radius 1 is 1.33 bits per heavy atom. The van der Waals surface area contributed by atoms with Crippen molar-refractivity contribution in [1.29, 1.82) is 0 Å². The normalized spacial score (nSPS) is 16.4. The Bertz CT molecular complexity index is 426. The first-order chi connectivity index (χ1) is 8.66. The molecule has 18 heavy (non-hydrogen) atoms. The summed E-state index contributed by atoms with van der Waals surface area (Å²) in [5.41, 5.74) is 7.10. The van der Waals surface area contributed by atoms with Crippen LogP contribution in [0.1, 0.15) is 42.5 Å². The van der Waals surface area contributed by atoms with Crippen molar-refractivity contribution in [3.05, 3.63) is 23.8 Å². The highest BCUT2D eigenvalue weighted by atomic mass is 16.4. The number of anilines is 2. The highest BCUT2D eigenvalue weighted by Crippen LogP contribution is 2.24. The molecule has 0 spiro atoms. The standard InChI is InChI=1S/C14H20N2O2/c15-13-8-11(6-7-12(13)14(17)18)16-9-10-4-2-1-3-5-10/h6-8,10,16H,1-5,9,15H2,(H,17,18). The van der Waals surface area contributed by atoms with Crippen molar-refractivity contribution < 1.29 is 9.90 Å². The average Bonchev–Trinajstić information content (AvgIpc) is 2.37. The van der Waals surface area contributed by atoms with Gasteiger partial charge in [0.15, 0.2) is 0 Å². The Balaban J connectivity index is 1.93. The van der Waals surface area contributed by atoms with E-state index in [4.69, 9.17) is 10.8 Å². The molecule has 0 aliphatic heterocycles. The summed E-state index contributed by atoms with van der Waals surface area (Å²) in [4.78, 5) is 10.8. The van der Waals surface area contributed by atoms with Gasteiger partial charge in [-0.05, 0) is 37.0 Å². The average molecular weight is 248 g/mol. The minimum atomic E-state index is -0.980. The van der Waals surface area contributed by atoms with Crippen molar-refractivity contribution in [1.82, 2.24) is 0 Å². The fraction of sp³-hybridized carbons (Fsp3) is 0.500. The molecule has 0 aromatic heterocycles. The summed E-state index contributed by atoms with van der Waals surface area (Å²) in [5.74, 6) is -0.245. The zero-order valence-corrected chi connectivity index (χ0v) is 10.5. The van der Waals surface area contributed by atoms with E-state index >= 15 is 0 Å². The van der Waals surface area contributed by atoms with Gasteiger partial charge in [0.1, 0.15) is 0 Å². The van der Waals surface area contributed by atoms with Crippen LogP contribution in [-0.4, -0.2) is 17.6 Å². The van der Waals surface area contributed by atoms with Crippen molar-refractivity contribution in [2.75, 3.05) is 17.6 Å². The molecule has 1 aliphatic carbocycles. The molecule has 4 heteroatoms. The maximum atomic E-state index is 10.8. The molecule has 1 saturated carbocycles. The fourth-order valence-corrected chi connectivity index (χ4v) is 2.52. The smallest absolute Gasteiger partial charge is 0.337 e. The third-order valence-corrected chi connectivity index (χ3v) is 3.60. The summed E-state index contributed by atoms with van der Waals surface area (Å²) < 4.78 is 0. The second-order valence-corrected chi connectivity index (χ2v) is 4.99. The molecule has 1 fully saturated rings. The maximum Gasteiger partial charge on any atom is 0.337 e. The number of benzene rings is 1. The van der Waals surface area contributed by atoms with E-state index in [1.165, 1.54) is 32.1 Å². The highest BCUT2D eigenvalue weighted by molar-refractivity contribution is 5.94. The van der Waals surface area contributed by atoms with Crippen LogP contribution in [0.25, 0.3) is 0 Å². The SMILES string of the molecule is Nc1cc(NCC2CCCCC2)ccc1C(=O)O. The second kappa shape index (κ2) is 5.76. The van der Waals surface area contributed by atoms with E-state index in [-0.39, 0.29) is 5.56 Å². The summed E-state index contributed by atoms with van der Waals surface area (Å²) in [5, 5.41) is 12.2. The predicted molar refractivity (Wildman–Crippen MR) is 72.9 cm³/mol. The highest BCUT2D eigenvalue weighted by Gasteiger charge is 2.13. The molecule has 0 atom stereocenters. The topological polar surface area (TPSA) is 75.3 Å². The minimum Gasteiger partial charge on any atom is -0.478 e. The Kier molecular flexibility index (Phi) is 4.07. The molecule has 4 N–H and O–H groups in total. The summed E-state index contributed by atoms with van der Waals surface area (Å²) in [6.07, 6.45) is 6.58. The van der Waals surface area contributed by atoms with Crippen LogP contribution in [0.15, 0.2) is 18.2 Å². The monoisotopic (exact) mass is 248 g/mol. The van der Waals surface area contributed by atoms with Crippen LogP contribution >= 0.6 is 0 Å². The quantitative estimate of drug-likeness (QED) is 0.716. The van der Waals surface area contributed by atoms with Gasteiger partial charge in [0.2, 0.25) is 0 Å². The van der Waals surface area contributed by atoms with Gasteiger partial charge < -0.3 is 16.2 Å². The van der Waals surface area contributed by atoms with Crippen LogP contribution in [-0.2, 0) is 0 Å². The number of hydrogen-bond donors (Lipinski definition) is 3. The van der Waals surface area contributed by atoms with Crippen LogP contribution in [0.2, 0.25) is 0 Å². The largest absolute Gasteiger partial charge is 0.478 e. The number of carbonyl (C=O) groups is 1. The molecule has 1 aromatic rings. The van der Waals surface area contributed by atoms with Gasteiger partial charge in [-0.3, -0.25) is 0 Å². The molecule has 0 amide bonds. The molecule has 0 heterocycles. The molecule has 0 saturated heterocycles. The summed E-state index contributed by atoms with van der Waals surface area (Å²) in [6.45, 7) is 0.950. The molecule has 1 aromatic carbocycles. The van der Waals surface area contributed by atoms with Crippen molar-refractivity contribution in [2.24, 2.45) is 5.92 Å². The number of carboxylic acid groups (broad SMARTS) is 1. The lowest BCUT2D eigenvalue weighted by atomic mass is 9.89. The lowest BCUT2D eigenvalue weighted by molar-refractivity contribution is 0.0698. The number of nitrogens with one attached hydrogen (secondary N) is 1. The lowest BCUT2D eigenvalue weighted by Gasteiger charge is -2.22. The number of hydrogen-bond acceptors (Lipinski definition) is 3. The number of nitrogens with two attached hydrogens (primary N) is 1. The van der Waals surface area contributed by atoms with Gasteiger partial charge in [-0.1, -0.05) is 19.3 Å². The van der Waals surface area contributed by atoms with Crippen LogP contribution < -0.4 is 11.1 Å². The molecule has 2 rings (SSSR count). The van der Waals surface area contributed by atoms with E-state index in [0.717, 1.165) is 18.2 Å². The van der Waals surface area contributed by atoms with Crippen LogP contribution in [0.4, 0.5) is 11.4 Å². The van der Waals surface area contributed by atoms with E-state index in [9.17, 15) is 4.79 Å². The molecule has 0 unspecified atom stereocenters. The lowest BCUT2D eigenvalue weighted by Crippen LogP contribution is -2.17. The molecule has 4 nitrogen and oxygen atoms in total. The van der Waals surface area contributed by atoms with Crippen molar-refractivity contribution >= 4 is 17.3 Å². The van der Waals surface area contributed by atoms with E-state index in [1.54, 1.807) is 18.2 Å². The summed E-state index contributed by atoms with van der Waals surface area (Å²) in [6, 6.07) is 5.04. The van der Waals surface area contributed by atoms with Crippen LogP contribution in [0, 0.1) is 5.92 Å². The number of nitrogen functional groups attached to an aromatic ring is 1. The Morgan fingerprint density at radius 2 is 2.06 bits per heavy atom. The van der Waals surface area contributed by atoms with Crippen molar-refractivity contribution in [3.63, 3.8) is 0 Å². The zero-order valence-electron chi connectivity index (χ0n) is 10.5.